The van der Waals surface area contributed by atoms with E-state index in [9.17, 15) is 9.59 Å². The summed E-state index contributed by atoms with van der Waals surface area (Å²) in [5.74, 6) is -0.326. The molecule has 0 unspecified atom stereocenters. The smallest absolute Gasteiger partial charge is 0.251 e. The highest BCUT2D eigenvalue weighted by Crippen LogP contribution is 2.29. The lowest BCUT2D eigenvalue weighted by Gasteiger charge is -2.06. The van der Waals surface area contributed by atoms with Crippen LogP contribution in [0.2, 0.25) is 0 Å². The topological polar surface area (TPSA) is 71.1 Å². The van der Waals surface area contributed by atoms with Crippen molar-refractivity contribution < 1.29 is 9.59 Å². The van der Waals surface area contributed by atoms with Crippen molar-refractivity contribution in [3.63, 3.8) is 0 Å². The molecule has 2 N–H and O–H groups in total. The highest BCUT2D eigenvalue weighted by molar-refractivity contribution is 7.15. The van der Waals surface area contributed by atoms with Crippen molar-refractivity contribution in [2.24, 2.45) is 0 Å². The van der Waals surface area contributed by atoms with E-state index < -0.39 is 0 Å². The first kappa shape index (κ1) is 16.4. The number of nitrogens with one attached hydrogen (secondary N) is 2. The molecule has 0 spiro atoms. The van der Waals surface area contributed by atoms with E-state index in [1.807, 2.05) is 0 Å². The van der Waals surface area contributed by atoms with Crippen LogP contribution < -0.4 is 10.6 Å². The monoisotopic (exact) mass is 341 g/mol. The number of rotatable bonds is 4. The average Bonchev–Trinajstić information content (AvgIpc) is 3.02. The summed E-state index contributed by atoms with van der Waals surface area (Å²) in [7, 11) is 1.59. The van der Waals surface area contributed by atoms with Crippen molar-refractivity contribution in [1.29, 1.82) is 0 Å². The van der Waals surface area contributed by atoms with Gasteiger partial charge < -0.3 is 5.32 Å². The third-order valence-electron chi connectivity index (χ3n) is 3.90. The van der Waals surface area contributed by atoms with Crippen molar-refractivity contribution in [1.82, 2.24) is 10.3 Å². The summed E-state index contributed by atoms with van der Waals surface area (Å²) in [5.41, 5.74) is 2.58. The minimum Gasteiger partial charge on any atom is -0.355 e. The maximum atomic E-state index is 12.0. The summed E-state index contributed by atoms with van der Waals surface area (Å²) < 4.78 is 0. The maximum absolute atomic E-state index is 12.0. The molecule has 1 aromatic heterocycles. The molecule has 1 aliphatic carbocycles. The van der Waals surface area contributed by atoms with Gasteiger partial charge in [-0.3, -0.25) is 14.9 Å². The van der Waals surface area contributed by atoms with Crippen molar-refractivity contribution in [3.05, 3.63) is 52.0 Å². The Morgan fingerprint density at radius 2 is 1.92 bits per heavy atom. The minimum absolute atomic E-state index is 0.129. The molecule has 1 aliphatic rings. The van der Waals surface area contributed by atoms with Crippen LogP contribution in [-0.4, -0.2) is 23.8 Å². The SMILES string of the molecule is CNC(=O)c1ccc(/C=C/C(=O)Nc2nc3c(s2)CCCC3)cc1. The van der Waals surface area contributed by atoms with Gasteiger partial charge in [-0.25, -0.2) is 4.98 Å². The molecule has 124 valence electrons. The zero-order valence-corrected chi connectivity index (χ0v) is 14.3. The van der Waals surface area contributed by atoms with Crippen LogP contribution in [0.15, 0.2) is 30.3 Å². The minimum atomic E-state index is -0.198. The van der Waals surface area contributed by atoms with Gasteiger partial charge in [0.05, 0.1) is 5.69 Å². The number of hydrogen-bond acceptors (Lipinski definition) is 4. The Labute approximate surface area is 144 Å². The lowest BCUT2D eigenvalue weighted by molar-refractivity contribution is -0.111. The molecule has 0 aliphatic heterocycles. The zero-order valence-electron chi connectivity index (χ0n) is 13.5. The van der Waals surface area contributed by atoms with Crippen LogP contribution in [-0.2, 0) is 17.6 Å². The number of nitrogens with zero attached hydrogens (tertiary/aromatic N) is 1. The van der Waals surface area contributed by atoms with Gasteiger partial charge in [-0.15, -0.1) is 11.3 Å². The molecule has 2 amide bonds. The van der Waals surface area contributed by atoms with E-state index in [1.54, 1.807) is 48.7 Å². The first-order chi connectivity index (χ1) is 11.7. The molecule has 0 atom stereocenters. The van der Waals surface area contributed by atoms with Crippen LogP contribution in [0.25, 0.3) is 6.08 Å². The summed E-state index contributed by atoms with van der Waals surface area (Å²) in [6.45, 7) is 0. The zero-order chi connectivity index (χ0) is 16.9. The first-order valence-electron chi connectivity index (χ1n) is 7.95. The van der Waals surface area contributed by atoms with E-state index >= 15 is 0 Å². The van der Waals surface area contributed by atoms with E-state index in [0.717, 1.165) is 24.1 Å². The van der Waals surface area contributed by atoms with Crippen LogP contribution in [0, 0.1) is 0 Å². The van der Waals surface area contributed by atoms with E-state index in [2.05, 4.69) is 15.6 Å². The fraction of sp³-hybridized carbons (Fsp3) is 0.278. The number of fused-ring (bicyclic) bond motifs is 1. The van der Waals surface area contributed by atoms with E-state index in [-0.39, 0.29) is 11.8 Å². The molecule has 0 fully saturated rings. The Bertz CT molecular complexity index is 755. The Kier molecular flexibility index (Phi) is 5.05. The molecule has 2 aromatic rings. The van der Waals surface area contributed by atoms with Crippen molar-refractivity contribution >= 4 is 34.4 Å². The van der Waals surface area contributed by atoms with E-state index in [1.165, 1.54) is 23.8 Å². The Morgan fingerprint density at radius 3 is 2.62 bits per heavy atom. The van der Waals surface area contributed by atoms with Gasteiger partial charge >= 0.3 is 0 Å². The molecule has 1 heterocycles. The highest BCUT2D eigenvalue weighted by Gasteiger charge is 2.15. The van der Waals surface area contributed by atoms with Gasteiger partial charge in [0.1, 0.15) is 0 Å². The maximum Gasteiger partial charge on any atom is 0.251 e. The highest BCUT2D eigenvalue weighted by atomic mass is 32.1. The molecular formula is C18H19N3O2S. The number of aromatic nitrogens is 1. The largest absolute Gasteiger partial charge is 0.355 e. The molecule has 1 aromatic carbocycles. The van der Waals surface area contributed by atoms with Crippen LogP contribution in [0.1, 0.15) is 39.3 Å². The number of amides is 2. The van der Waals surface area contributed by atoms with Gasteiger partial charge in [-0.05, 0) is 49.5 Å². The van der Waals surface area contributed by atoms with Gasteiger partial charge in [-0.2, -0.15) is 0 Å². The fourth-order valence-corrected chi connectivity index (χ4v) is 3.67. The summed E-state index contributed by atoms with van der Waals surface area (Å²) in [4.78, 5) is 29.3. The van der Waals surface area contributed by atoms with Gasteiger partial charge in [0.25, 0.3) is 5.91 Å². The quantitative estimate of drug-likeness (QED) is 0.840. The van der Waals surface area contributed by atoms with Crippen molar-refractivity contribution in [3.8, 4) is 0 Å². The summed E-state index contributed by atoms with van der Waals surface area (Å²) in [6.07, 6.45) is 7.65. The van der Waals surface area contributed by atoms with E-state index in [0.29, 0.717) is 10.7 Å². The Balaban J connectivity index is 1.60. The second kappa shape index (κ2) is 7.40. The van der Waals surface area contributed by atoms with Crippen molar-refractivity contribution in [2.75, 3.05) is 12.4 Å². The molecule has 0 saturated heterocycles. The second-order valence-corrected chi connectivity index (χ2v) is 6.70. The Hall–Kier alpha value is -2.47. The average molecular weight is 341 g/mol. The molecule has 0 bridgehead atoms. The number of thiazole rings is 1. The van der Waals surface area contributed by atoms with Gasteiger partial charge in [0.15, 0.2) is 5.13 Å². The molecule has 0 saturated carbocycles. The van der Waals surface area contributed by atoms with Crippen LogP contribution in [0.4, 0.5) is 5.13 Å². The fourth-order valence-electron chi connectivity index (χ4n) is 2.61. The lowest BCUT2D eigenvalue weighted by Crippen LogP contribution is -2.17. The number of carbonyl (C=O) groups excluding carboxylic acids is 2. The number of carbonyl (C=O) groups is 2. The van der Waals surface area contributed by atoms with Crippen LogP contribution in [0.3, 0.4) is 0 Å². The summed E-state index contributed by atoms with van der Waals surface area (Å²) >= 11 is 1.57. The van der Waals surface area contributed by atoms with Gasteiger partial charge in [-0.1, -0.05) is 12.1 Å². The number of anilines is 1. The number of aryl methyl sites for hydroxylation is 2. The van der Waals surface area contributed by atoms with Gasteiger partial charge in [0, 0.05) is 23.6 Å². The predicted molar refractivity (Wildman–Crippen MR) is 96.3 cm³/mol. The molecule has 3 rings (SSSR count). The van der Waals surface area contributed by atoms with Crippen LogP contribution >= 0.6 is 11.3 Å². The second-order valence-electron chi connectivity index (χ2n) is 5.62. The molecule has 24 heavy (non-hydrogen) atoms. The predicted octanol–water partition coefficient (Wildman–Crippen LogP) is 3.03. The number of benzene rings is 1. The van der Waals surface area contributed by atoms with Crippen LogP contribution in [0.5, 0.6) is 0 Å². The standard InChI is InChI=1S/C18H19N3O2S/c1-19-17(23)13-9-6-12(7-10-13)8-11-16(22)21-18-20-14-4-2-3-5-15(14)24-18/h6-11H,2-5H2,1H3,(H,19,23)(H,20,21,22)/b11-8+. The molecular weight excluding hydrogens is 322 g/mol. The van der Waals surface area contributed by atoms with Crippen molar-refractivity contribution in [2.45, 2.75) is 25.7 Å². The third-order valence-corrected chi connectivity index (χ3v) is 4.98. The lowest BCUT2D eigenvalue weighted by atomic mass is 10.0. The third kappa shape index (κ3) is 3.89. The first-order valence-corrected chi connectivity index (χ1v) is 8.77. The Morgan fingerprint density at radius 1 is 1.17 bits per heavy atom. The molecule has 5 nitrogen and oxygen atoms in total. The summed E-state index contributed by atoms with van der Waals surface area (Å²) in [6, 6.07) is 7.06. The summed E-state index contributed by atoms with van der Waals surface area (Å²) in [5, 5.41) is 6.07. The normalized spacial score (nSPS) is 13.5. The van der Waals surface area contributed by atoms with E-state index in [4.69, 9.17) is 0 Å². The van der Waals surface area contributed by atoms with Gasteiger partial charge in [0.2, 0.25) is 5.91 Å². The number of hydrogen-bond donors (Lipinski definition) is 2. The molecule has 6 heteroatoms. The molecule has 0 radical (unpaired) electrons.